The summed E-state index contributed by atoms with van der Waals surface area (Å²) in [5.74, 6) is 0. The van der Waals surface area contributed by atoms with Gasteiger partial charge < -0.3 is 0 Å². The highest BCUT2D eigenvalue weighted by Gasteiger charge is 2.19. The molecule has 0 fully saturated rings. The molecule has 146 valence electrons. The van der Waals surface area contributed by atoms with Crippen molar-refractivity contribution in [3.63, 3.8) is 0 Å². The highest BCUT2D eigenvalue weighted by atomic mass is 14.2. The van der Waals surface area contributed by atoms with Gasteiger partial charge in [0.2, 0.25) is 0 Å². The lowest BCUT2D eigenvalue weighted by atomic mass is 9.96. The van der Waals surface area contributed by atoms with E-state index in [2.05, 4.69) is 49.4 Å². The first kappa shape index (κ1) is 20.2. The monoisotopic (exact) mass is 362 g/mol. The van der Waals surface area contributed by atoms with E-state index in [1.165, 1.54) is 100 Å². The third-order valence-electron chi connectivity index (χ3n) is 6.25. The van der Waals surface area contributed by atoms with Crippen LogP contribution in [0.25, 0.3) is 11.1 Å². The van der Waals surface area contributed by atoms with Gasteiger partial charge in [0.25, 0.3) is 0 Å². The molecule has 0 heteroatoms. The Labute approximate surface area is 167 Å². The predicted molar refractivity (Wildman–Crippen MR) is 119 cm³/mol. The van der Waals surface area contributed by atoms with Crippen LogP contribution in [0.3, 0.4) is 0 Å². The minimum Gasteiger partial charge on any atom is -0.0654 e. The maximum atomic E-state index is 2.36. The Morgan fingerprint density at radius 1 is 0.593 bits per heavy atom. The van der Waals surface area contributed by atoms with Crippen LogP contribution < -0.4 is 0 Å². The average Bonchev–Trinajstić information content (AvgIpc) is 3.08. The van der Waals surface area contributed by atoms with Gasteiger partial charge in [0.15, 0.2) is 0 Å². The number of hydrogen-bond acceptors (Lipinski definition) is 0. The molecule has 1 aliphatic carbocycles. The van der Waals surface area contributed by atoms with Gasteiger partial charge in [0, 0.05) is 0 Å². The molecule has 0 N–H and O–H groups in total. The fourth-order valence-corrected chi connectivity index (χ4v) is 4.61. The average molecular weight is 363 g/mol. The second kappa shape index (κ2) is 11.3. The van der Waals surface area contributed by atoms with E-state index in [-0.39, 0.29) is 0 Å². The summed E-state index contributed by atoms with van der Waals surface area (Å²) in [5, 5.41) is 0. The quantitative estimate of drug-likeness (QED) is 0.267. The molecule has 0 spiro atoms. The zero-order valence-corrected chi connectivity index (χ0v) is 17.4. The van der Waals surface area contributed by atoms with Crippen molar-refractivity contribution < 1.29 is 0 Å². The van der Waals surface area contributed by atoms with Crippen LogP contribution >= 0.6 is 0 Å². The molecule has 0 aromatic heterocycles. The van der Waals surface area contributed by atoms with Crippen LogP contribution in [0.2, 0.25) is 0 Å². The number of hydrogen-bond donors (Lipinski definition) is 0. The van der Waals surface area contributed by atoms with Crippen LogP contribution in [-0.4, -0.2) is 0 Å². The summed E-state index contributed by atoms with van der Waals surface area (Å²) in [5.41, 5.74) is 7.65. The summed E-state index contributed by atoms with van der Waals surface area (Å²) in [4.78, 5) is 0. The number of fused-ring (bicyclic) bond motifs is 3. The Bertz CT molecular complexity index is 682. The molecular formula is C27H38. The molecule has 0 atom stereocenters. The molecule has 27 heavy (non-hydrogen) atoms. The summed E-state index contributed by atoms with van der Waals surface area (Å²) >= 11 is 0. The van der Waals surface area contributed by atoms with Crippen LogP contribution in [0.4, 0.5) is 0 Å². The van der Waals surface area contributed by atoms with Crippen LogP contribution in [0.15, 0.2) is 42.5 Å². The van der Waals surface area contributed by atoms with Crippen molar-refractivity contribution in [1.82, 2.24) is 0 Å². The number of aryl methyl sites for hydroxylation is 1. The van der Waals surface area contributed by atoms with Gasteiger partial charge in [-0.25, -0.2) is 0 Å². The SMILES string of the molecule is CCCCCCCCCCCCCCc1cccc2c1Cc1ccccc1-2. The highest BCUT2D eigenvalue weighted by molar-refractivity contribution is 5.77. The van der Waals surface area contributed by atoms with Crippen LogP contribution in [0, 0.1) is 0 Å². The van der Waals surface area contributed by atoms with E-state index in [1.807, 2.05) is 0 Å². The van der Waals surface area contributed by atoms with Crippen molar-refractivity contribution in [2.24, 2.45) is 0 Å². The minimum absolute atomic E-state index is 1.14. The van der Waals surface area contributed by atoms with Gasteiger partial charge in [-0.2, -0.15) is 0 Å². The number of benzene rings is 2. The van der Waals surface area contributed by atoms with Crippen LogP contribution in [0.1, 0.15) is 101 Å². The van der Waals surface area contributed by atoms with Gasteiger partial charge in [-0.3, -0.25) is 0 Å². The Balaban J connectivity index is 1.29. The van der Waals surface area contributed by atoms with Crippen molar-refractivity contribution in [1.29, 1.82) is 0 Å². The first-order valence-electron chi connectivity index (χ1n) is 11.6. The molecule has 1 aliphatic rings. The molecular weight excluding hydrogens is 324 g/mol. The van der Waals surface area contributed by atoms with Gasteiger partial charge >= 0.3 is 0 Å². The lowest BCUT2D eigenvalue weighted by Crippen LogP contribution is -1.93. The fourth-order valence-electron chi connectivity index (χ4n) is 4.61. The third-order valence-corrected chi connectivity index (χ3v) is 6.25. The van der Waals surface area contributed by atoms with Gasteiger partial charge in [0.05, 0.1) is 0 Å². The van der Waals surface area contributed by atoms with Crippen molar-refractivity contribution >= 4 is 0 Å². The summed E-state index contributed by atoms with van der Waals surface area (Å²) in [6, 6.07) is 15.9. The van der Waals surface area contributed by atoms with E-state index in [9.17, 15) is 0 Å². The fraction of sp³-hybridized carbons (Fsp3) is 0.556. The van der Waals surface area contributed by atoms with Crippen LogP contribution in [-0.2, 0) is 12.8 Å². The summed E-state index contributed by atoms with van der Waals surface area (Å²) < 4.78 is 0. The molecule has 2 aromatic carbocycles. The molecule has 0 amide bonds. The Morgan fingerprint density at radius 2 is 1.19 bits per heavy atom. The Morgan fingerprint density at radius 3 is 1.89 bits per heavy atom. The van der Waals surface area contributed by atoms with E-state index in [1.54, 1.807) is 11.1 Å². The maximum absolute atomic E-state index is 2.36. The zero-order chi connectivity index (χ0) is 18.7. The molecule has 2 aromatic rings. The Kier molecular flexibility index (Phi) is 8.46. The minimum atomic E-state index is 1.14. The van der Waals surface area contributed by atoms with Gasteiger partial charge in [0.1, 0.15) is 0 Å². The largest absolute Gasteiger partial charge is 0.0654 e. The lowest BCUT2D eigenvalue weighted by Gasteiger charge is -2.09. The highest BCUT2D eigenvalue weighted by Crippen LogP contribution is 2.38. The molecule has 0 unspecified atom stereocenters. The number of rotatable bonds is 13. The summed E-state index contributed by atoms with van der Waals surface area (Å²) in [6.45, 7) is 2.30. The first-order valence-corrected chi connectivity index (χ1v) is 11.6. The number of unbranched alkanes of at least 4 members (excludes halogenated alkanes) is 11. The molecule has 0 heterocycles. The maximum Gasteiger partial charge on any atom is -0.00107 e. The van der Waals surface area contributed by atoms with E-state index >= 15 is 0 Å². The zero-order valence-electron chi connectivity index (χ0n) is 17.4. The predicted octanol–water partition coefficient (Wildman–Crippen LogP) is 8.50. The summed E-state index contributed by atoms with van der Waals surface area (Å²) in [7, 11) is 0. The van der Waals surface area contributed by atoms with Gasteiger partial charge in [-0.1, -0.05) is 120 Å². The van der Waals surface area contributed by atoms with Crippen molar-refractivity contribution in [2.75, 3.05) is 0 Å². The van der Waals surface area contributed by atoms with Crippen molar-refractivity contribution in [3.05, 3.63) is 59.2 Å². The van der Waals surface area contributed by atoms with Crippen LogP contribution in [0.5, 0.6) is 0 Å². The standard InChI is InChI=1S/C27H38/c1-2-3-4-5-6-7-8-9-10-11-12-13-17-23-19-16-21-26-25-20-15-14-18-24(25)22-27(23)26/h14-16,18-21H,2-13,17,22H2,1H3. The lowest BCUT2D eigenvalue weighted by molar-refractivity contribution is 0.544. The van der Waals surface area contributed by atoms with E-state index in [4.69, 9.17) is 0 Å². The molecule has 0 saturated carbocycles. The topological polar surface area (TPSA) is 0 Å². The van der Waals surface area contributed by atoms with E-state index < -0.39 is 0 Å². The molecule has 0 saturated heterocycles. The Hall–Kier alpha value is -1.56. The second-order valence-corrected chi connectivity index (χ2v) is 8.42. The van der Waals surface area contributed by atoms with Crippen molar-refractivity contribution in [2.45, 2.75) is 96.8 Å². The second-order valence-electron chi connectivity index (χ2n) is 8.42. The normalized spacial score (nSPS) is 12.2. The molecule has 3 rings (SSSR count). The molecule has 0 bridgehead atoms. The third kappa shape index (κ3) is 5.96. The van der Waals surface area contributed by atoms with E-state index in [0.29, 0.717) is 0 Å². The molecule has 0 radical (unpaired) electrons. The first-order chi connectivity index (χ1) is 13.4. The molecule has 0 aliphatic heterocycles. The smallest absolute Gasteiger partial charge is 0.00107 e. The molecule has 0 nitrogen and oxygen atoms in total. The van der Waals surface area contributed by atoms with E-state index in [0.717, 1.165) is 6.42 Å². The van der Waals surface area contributed by atoms with Gasteiger partial charge in [-0.05, 0) is 47.1 Å². The van der Waals surface area contributed by atoms with Crippen molar-refractivity contribution in [3.8, 4) is 11.1 Å². The van der Waals surface area contributed by atoms with Gasteiger partial charge in [-0.15, -0.1) is 0 Å². The summed E-state index contributed by atoms with van der Waals surface area (Å²) in [6.07, 6.45) is 19.5.